The van der Waals surface area contributed by atoms with Crippen molar-refractivity contribution in [1.29, 1.82) is 0 Å². The van der Waals surface area contributed by atoms with Crippen molar-refractivity contribution in [3.8, 4) is 5.82 Å². The van der Waals surface area contributed by atoms with Crippen molar-refractivity contribution in [3.63, 3.8) is 0 Å². The molecule has 1 amide bonds. The van der Waals surface area contributed by atoms with E-state index >= 15 is 0 Å². The highest BCUT2D eigenvalue weighted by Gasteiger charge is 2.26. The number of rotatable bonds is 5. The number of thioether (sulfide) groups is 1. The summed E-state index contributed by atoms with van der Waals surface area (Å²) in [4.78, 5) is 28.8. The van der Waals surface area contributed by atoms with Crippen molar-refractivity contribution in [2.24, 2.45) is 5.92 Å². The van der Waals surface area contributed by atoms with Gasteiger partial charge in [0.25, 0.3) is 0 Å². The molecule has 8 heteroatoms. The number of nitrogens with one attached hydrogen (secondary N) is 1. The molecule has 1 aliphatic heterocycles. The number of nitrogens with zero attached hydrogens (tertiary/aromatic N) is 5. The lowest BCUT2D eigenvalue weighted by Crippen LogP contribution is -2.38. The largest absolute Gasteiger partial charge is 0.356 e. The van der Waals surface area contributed by atoms with Crippen LogP contribution in [0.25, 0.3) is 5.82 Å². The third-order valence-corrected chi connectivity index (χ3v) is 5.66. The van der Waals surface area contributed by atoms with Gasteiger partial charge in [-0.1, -0.05) is 6.07 Å². The van der Waals surface area contributed by atoms with E-state index in [1.54, 1.807) is 30.6 Å². The Labute approximate surface area is 168 Å². The number of piperidine rings is 1. The normalized spacial score (nSPS) is 14.8. The Kier molecular flexibility index (Phi) is 5.57. The molecular weight excluding hydrogens is 372 g/mol. The maximum atomic E-state index is 12.6. The van der Waals surface area contributed by atoms with Crippen LogP contribution in [-0.2, 0) is 4.79 Å². The van der Waals surface area contributed by atoms with Crippen LogP contribution in [0.1, 0.15) is 12.8 Å². The number of amides is 1. The molecule has 0 saturated carbocycles. The molecule has 1 N–H and O–H groups in total. The molecule has 0 bridgehead atoms. The Balaban J connectivity index is 1.37. The van der Waals surface area contributed by atoms with Crippen LogP contribution in [0, 0.1) is 5.92 Å². The van der Waals surface area contributed by atoms with Crippen molar-refractivity contribution in [1.82, 2.24) is 19.5 Å². The minimum Gasteiger partial charge on any atom is -0.356 e. The van der Waals surface area contributed by atoms with E-state index < -0.39 is 0 Å². The first-order chi connectivity index (χ1) is 13.7. The lowest BCUT2D eigenvalue weighted by Gasteiger charge is -2.32. The number of anilines is 2. The predicted molar refractivity (Wildman–Crippen MR) is 111 cm³/mol. The first-order valence-corrected chi connectivity index (χ1v) is 10.5. The van der Waals surface area contributed by atoms with Gasteiger partial charge in [-0.05, 0) is 37.3 Å². The summed E-state index contributed by atoms with van der Waals surface area (Å²) in [6, 6.07) is 9.91. The highest BCUT2D eigenvalue weighted by Crippen LogP contribution is 2.25. The number of hydrogen-bond acceptors (Lipinski definition) is 6. The van der Waals surface area contributed by atoms with Gasteiger partial charge in [0.05, 0.1) is 0 Å². The van der Waals surface area contributed by atoms with Crippen LogP contribution in [0.3, 0.4) is 0 Å². The molecule has 0 atom stereocenters. The predicted octanol–water partition coefficient (Wildman–Crippen LogP) is 3.24. The van der Waals surface area contributed by atoms with E-state index in [0.717, 1.165) is 48.1 Å². The number of carbonyl (C=O) groups excluding carboxylic acids is 1. The summed E-state index contributed by atoms with van der Waals surface area (Å²) in [5, 5.41) is 3.06. The molecule has 28 heavy (non-hydrogen) atoms. The Bertz CT molecular complexity index is 937. The monoisotopic (exact) mass is 394 g/mol. The second-order valence-corrected chi connectivity index (χ2v) is 7.57. The van der Waals surface area contributed by atoms with Crippen molar-refractivity contribution in [3.05, 3.63) is 55.4 Å². The van der Waals surface area contributed by atoms with Gasteiger partial charge in [0, 0.05) is 48.1 Å². The first kappa shape index (κ1) is 18.5. The maximum absolute atomic E-state index is 12.6. The van der Waals surface area contributed by atoms with Crippen molar-refractivity contribution < 1.29 is 4.79 Å². The number of aromatic nitrogens is 4. The third kappa shape index (κ3) is 4.17. The molecule has 1 aliphatic rings. The molecule has 3 heterocycles. The summed E-state index contributed by atoms with van der Waals surface area (Å²) >= 11 is 1.67. The molecule has 0 unspecified atom stereocenters. The van der Waals surface area contributed by atoms with E-state index in [4.69, 9.17) is 0 Å². The van der Waals surface area contributed by atoms with Crippen LogP contribution in [0.5, 0.6) is 0 Å². The minimum absolute atomic E-state index is 0.0177. The standard InChI is InChI=1S/C20H22N6OS/c1-28-17-4-2-3-16(11-17)24-20(27)15-5-8-25(9-6-15)18-12-19(23-13-22-18)26-10-7-21-14-26/h2-4,7,10-15H,5-6,8-9H2,1H3,(H,24,27). The van der Waals surface area contributed by atoms with Crippen LogP contribution in [0.2, 0.25) is 0 Å². The number of benzene rings is 1. The van der Waals surface area contributed by atoms with Crippen LogP contribution in [0.15, 0.2) is 60.3 Å². The van der Waals surface area contributed by atoms with Gasteiger partial charge in [0.15, 0.2) is 0 Å². The highest BCUT2D eigenvalue weighted by atomic mass is 32.2. The maximum Gasteiger partial charge on any atom is 0.227 e. The quantitative estimate of drug-likeness (QED) is 0.670. The third-order valence-electron chi connectivity index (χ3n) is 4.93. The van der Waals surface area contributed by atoms with Crippen LogP contribution in [0.4, 0.5) is 11.5 Å². The van der Waals surface area contributed by atoms with Crippen LogP contribution < -0.4 is 10.2 Å². The van der Waals surface area contributed by atoms with E-state index in [0.29, 0.717) is 0 Å². The highest BCUT2D eigenvalue weighted by molar-refractivity contribution is 7.98. The van der Waals surface area contributed by atoms with E-state index in [1.165, 1.54) is 0 Å². The summed E-state index contributed by atoms with van der Waals surface area (Å²) in [7, 11) is 0. The van der Waals surface area contributed by atoms with Gasteiger partial charge < -0.3 is 10.2 Å². The molecule has 4 rings (SSSR count). The number of imidazole rings is 1. The van der Waals surface area contributed by atoms with Gasteiger partial charge in [0.2, 0.25) is 5.91 Å². The molecule has 0 radical (unpaired) electrons. The fourth-order valence-corrected chi connectivity index (χ4v) is 3.82. The van der Waals surface area contributed by atoms with Gasteiger partial charge in [-0.25, -0.2) is 15.0 Å². The van der Waals surface area contributed by atoms with Gasteiger partial charge in [-0.15, -0.1) is 11.8 Å². The molecule has 2 aromatic heterocycles. The smallest absolute Gasteiger partial charge is 0.227 e. The first-order valence-electron chi connectivity index (χ1n) is 9.23. The van der Waals surface area contributed by atoms with E-state index in [2.05, 4.69) is 25.2 Å². The molecular formula is C20H22N6OS. The zero-order chi connectivity index (χ0) is 19.3. The molecule has 1 fully saturated rings. The Morgan fingerprint density at radius 1 is 1.18 bits per heavy atom. The van der Waals surface area contributed by atoms with Crippen LogP contribution >= 0.6 is 11.8 Å². The summed E-state index contributed by atoms with van der Waals surface area (Å²) in [6.45, 7) is 1.59. The van der Waals surface area contributed by atoms with Crippen LogP contribution in [-0.4, -0.2) is 44.8 Å². The fourth-order valence-electron chi connectivity index (χ4n) is 3.36. The molecule has 144 valence electrons. The zero-order valence-corrected chi connectivity index (χ0v) is 16.5. The Morgan fingerprint density at radius 3 is 2.75 bits per heavy atom. The summed E-state index contributed by atoms with van der Waals surface area (Å²) in [5.74, 6) is 1.78. The summed E-state index contributed by atoms with van der Waals surface area (Å²) in [6.07, 6.45) is 10.5. The number of carbonyl (C=O) groups is 1. The molecule has 0 aliphatic carbocycles. The van der Waals surface area contributed by atoms with E-state index in [9.17, 15) is 4.79 Å². The van der Waals surface area contributed by atoms with Gasteiger partial charge in [-0.2, -0.15) is 0 Å². The zero-order valence-electron chi connectivity index (χ0n) is 15.7. The average Bonchev–Trinajstić information content (AvgIpc) is 3.29. The van der Waals surface area contributed by atoms with Crippen molar-refractivity contribution >= 4 is 29.2 Å². The molecule has 0 spiro atoms. The van der Waals surface area contributed by atoms with Crippen molar-refractivity contribution in [2.45, 2.75) is 17.7 Å². The van der Waals surface area contributed by atoms with Gasteiger partial charge in [0.1, 0.15) is 24.3 Å². The lowest BCUT2D eigenvalue weighted by atomic mass is 9.96. The minimum atomic E-state index is 0.0177. The van der Waals surface area contributed by atoms with Crippen molar-refractivity contribution in [2.75, 3.05) is 29.6 Å². The summed E-state index contributed by atoms with van der Waals surface area (Å²) < 4.78 is 1.86. The molecule has 7 nitrogen and oxygen atoms in total. The second kappa shape index (κ2) is 8.43. The molecule has 1 saturated heterocycles. The number of hydrogen-bond donors (Lipinski definition) is 1. The van der Waals surface area contributed by atoms with Gasteiger partial charge >= 0.3 is 0 Å². The second-order valence-electron chi connectivity index (χ2n) is 6.69. The van der Waals surface area contributed by atoms with E-state index in [-0.39, 0.29) is 11.8 Å². The molecule has 3 aromatic rings. The average molecular weight is 395 g/mol. The SMILES string of the molecule is CSc1cccc(NC(=O)C2CCN(c3cc(-n4ccnc4)ncn3)CC2)c1. The van der Waals surface area contributed by atoms with E-state index in [1.807, 2.05) is 47.4 Å². The fraction of sp³-hybridized carbons (Fsp3) is 0.300. The Morgan fingerprint density at radius 2 is 2.00 bits per heavy atom. The lowest BCUT2D eigenvalue weighted by molar-refractivity contribution is -0.120. The Hall–Kier alpha value is -2.87. The topological polar surface area (TPSA) is 75.9 Å². The summed E-state index contributed by atoms with van der Waals surface area (Å²) in [5.41, 5.74) is 0.861. The van der Waals surface area contributed by atoms with Gasteiger partial charge in [-0.3, -0.25) is 9.36 Å². The molecule has 1 aromatic carbocycles.